The Morgan fingerprint density at radius 1 is 1.24 bits per heavy atom. The molecule has 0 bridgehead atoms. The largest absolute Gasteiger partial charge is 0.311 e. The van der Waals surface area contributed by atoms with E-state index in [-0.39, 0.29) is 6.04 Å². The van der Waals surface area contributed by atoms with E-state index in [1.807, 2.05) is 24.0 Å². The molecule has 1 N–H and O–H groups in total. The number of thioether (sulfide) groups is 1. The maximum atomic E-state index is 4.53. The van der Waals surface area contributed by atoms with Gasteiger partial charge in [-0.2, -0.15) is 11.8 Å². The molecule has 0 spiro atoms. The Morgan fingerprint density at radius 3 is 3.00 bits per heavy atom. The third-order valence-electron chi connectivity index (χ3n) is 4.24. The number of hydrogen-bond acceptors (Lipinski definition) is 5. The molecule has 2 unspecified atom stereocenters. The fourth-order valence-electron chi connectivity index (χ4n) is 3.18. The van der Waals surface area contributed by atoms with Crippen LogP contribution in [0.4, 0.5) is 0 Å². The van der Waals surface area contributed by atoms with Crippen molar-refractivity contribution in [1.82, 2.24) is 25.1 Å². The highest BCUT2D eigenvalue weighted by molar-refractivity contribution is 7.99. The summed E-state index contributed by atoms with van der Waals surface area (Å²) in [4.78, 5) is 4.23. The van der Waals surface area contributed by atoms with Crippen LogP contribution in [-0.4, -0.2) is 32.0 Å². The Balaban J connectivity index is 1.68. The summed E-state index contributed by atoms with van der Waals surface area (Å²) in [5, 5.41) is 13.1. The molecule has 0 aromatic carbocycles. The van der Waals surface area contributed by atoms with Gasteiger partial charge in [0.15, 0.2) is 5.82 Å². The van der Waals surface area contributed by atoms with Crippen molar-refractivity contribution < 1.29 is 0 Å². The van der Waals surface area contributed by atoms with Crippen LogP contribution in [0.1, 0.15) is 47.8 Å². The summed E-state index contributed by atoms with van der Waals surface area (Å²) in [6.07, 6.45) is 7.60. The highest BCUT2D eigenvalue weighted by atomic mass is 32.2. The number of pyridine rings is 1. The van der Waals surface area contributed by atoms with E-state index in [1.165, 1.54) is 30.8 Å². The van der Waals surface area contributed by atoms with Gasteiger partial charge in [0.05, 0.1) is 11.3 Å². The molecular weight excluding hydrogens is 282 g/mol. The van der Waals surface area contributed by atoms with Gasteiger partial charge in [-0.1, -0.05) is 12.5 Å². The van der Waals surface area contributed by atoms with E-state index in [2.05, 4.69) is 31.1 Å². The van der Waals surface area contributed by atoms with E-state index in [0.29, 0.717) is 5.25 Å². The predicted molar refractivity (Wildman–Crippen MR) is 83.2 cm³/mol. The minimum absolute atomic E-state index is 0.113. The highest BCUT2D eigenvalue weighted by Gasteiger charge is 2.30. The Labute approximate surface area is 128 Å². The Hall–Kier alpha value is -1.40. The fourth-order valence-corrected chi connectivity index (χ4v) is 4.49. The molecule has 2 aromatic heterocycles. The number of aromatic nitrogens is 4. The van der Waals surface area contributed by atoms with Gasteiger partial charge in [-0.15, -0.1) is 10.2 Å². The lowest BCUT2D eigenvalue weighted by molar-refractivity contribution is 0.443. The molecule has 2 aromatic rings. The molecule has 110 valence electrons. The molecule has 0 radical (unpaired) electrons. The van der Waals surface area contributed by atoms with Gasteiger partial charge in [0.1, 0.15) is 5.82 Å². The SMILES string of the molecule is c1cncc(C2NCCn3c(C4CCCCS4)nnc32)c1. The zero-order valence-corrected chi connectivity index (χ0v) is 12.7. The van der Waals surface area contributed by atoms with Crippen LogP contribution in [0.15, 0.2) is 24.5 Å². The van der Waals surface area contributed by atoms with Crippen molar-refractivity contribution in [3.63, 3.8) is 0 Å². The normalized spacial score (nSPS) is 25.5. The Bertz CT molecular complexity index is 606. The minimum atomic E-state index is 0.113. The van der Waals surface area contributed by atoms with E-state index in [9.17, 15) is 0 Å². The number of nitrogens with one attached hydrogen (secondary N) is 1. The van der Waals surface area contributed by atoms with Gasteiger partial charge in [0, 0.05) is 25.5 Å². The van der Waals surface area contributed by atoms with E-state index in [0.717, 1.165) is 24.5 Å². The van der Waals surface area contributed by atoms with Crippen molar-refractivity contribution in [2.75, 3.05) is 12.3 Å². The first kappa shape index (κ1) is 13.3. The van der Waals surface area contributed by atoms with E-state index < -0.39 is 0 Å². The van der Waals surface area contributed by atoms with Gasteiger partial charge < -0.3 is 9.88 Å². The number of fused-ring (bicyclic) bond motifs is 1. The second-order valence-corrected chi connectivity index (χ2v) is 6.91. The summed E-state index contributed by atoms with van der Waals surface area (Å²) in [6.45, 7) is 1.92. The van der Waals surface area contributed by atoms with Gasteiger partial charge >= 0.3 is 0 Å². The molecule has 21 heavy (non-hydrogen) atoms. The molecule has 4 rings (SSSR count). The quantitative estimate of drug-likeness (QED) is 0.922. The van der Waals surface area contributed by atoms with Crippen LogP contribution < -0.4 is 5.32 Å². The van der Waals surface area contributed by atoms with Gasteiger partial charge in [0.2, 0.25) is 0 Å². The van der Waals surface area contributed by atoms with Crippen molar-refractivity contribution in [2.45, 2.75) is 37.1 Å². The van der Waals surface area contributed by atoms with Crippen molar-refractivity contribution in [1.29, 1.82) is 0 Å². The molecule has 5 nitrogen and oxygen atoms in total. The topological polar surface area (TPSA) is 55.6 Å². The monoisotopic (exact) mass is 301 g/mol. The molecule has 1 fully saturated rings. The van der Waals surface area contributed by atoms with Crippen LogP contribution in [0.3, 0.4) is 0 Å². The number of hydrogen-bond donors (Lipinski definition) is 1. The molecule has 0 aliphatic carbocycles. The van der Waals surface area contributed by atoms with Crippen LogP contribution in [0.5, 0.6) is 0 Å². The van der Waals surface area contributed by atoms with Crippen LogP contribution >= 0.6 is 11.8 Å². The Morgan fingerprint density at radius 2 is 2.19 bits per heavy atom. The van der Waals surface area contributed by atoms with Gasteiger partial charge in [-0.3, -0.25) is 4.98 Å². The minimum Gasteiger partial charge on any atom is -0.311 e. The molecule has 6 heteroatoms. The lowest BCUT2D eigenvalue weighted by atomic mass is 10.1. The zero-order chi connectivity index (χ0) is 14.1. The van der Waals surface area contributed by atoms with Crippen molar-refractivity contribution in [2.24, 2.45) is 0 Å². The fraction of sp³-hybridized carbons (Fsp3) is 0.533. The maximum absolute atomic E-state index is 4.53. The van der Waals surface area contributed by atoms with Gasteiger partial charge in [-0.05, 0) is 30.2 Å². The third kappa shape index (κ3) is 2.46. The number of nitrogens with zero attached hydrogens (tertiary/aromatic N) is 4. The molecule has 4 heterocycles. The summed E-state index contributed by atoms with van der Waals surface area (Å²) in [5.74, 6) is 3.46. The third-order valence-corrected chi connectivity index (χ3v) is 5.61. The van der Waals surface area contributed by atoms with Gasteiger partial charge in [-0.25, -0.2) is 0 Å². The first-order valence-corrected chi connectivity index (χ1v) is 8.66. The van der Waals surface area contributed by atoms with E-state index in [4.69, 9.17) is 0 Å². The molecule has 2 aliphatic heterocycles. The molecule has 2 aliphatic rings. The van der Waals surface area contributed by atoms with Crippen LogP contribution in [-0.2, 0) is 6.54 Å². The first-order chi connectivity index (χ1) is 10.4. The van der Waals surface area contributed by atoms with Crippen molar-refractivity contribution in [3.05, 3.63) is 41.7 Å². The highest BCUT2D eigenvalue weighted by Crippen LogP contribution is 2.38. The van der Waals surface area contributed by atoms with Crippen molar-refractivity contribution in [3.8, 4) is 0 Å². The van der Waals surface area contributed by atoms with Gasteiger partial charge in [0.25, 0.3) is 0 Å². The first-order valence-electron chi connectivity index (χ1n) is 7.61. The molecule has 0 saturated carbocycles. The molecule has 0 amide bonds. The van der Waals surface area contributed by atoms with E-state index >= 15 is 0 Å². The second-order valence-electron chi connectivity index (χ2n) is 5.60. The lowest BCUT2D eigenvalue weighted by Crippen LogP contribution is -2.35. The number of rotatable bonds is 2. The molecule has 1 saturated heterocycles. The molecule has 2 atom stereocenters. The van der Waals surface area contributed by atoms with Crippen LogP contribution in [0, 0.1) is 0 Å². The average Bonchev–Trinajstić information content (AvgIpc) is 3.00. The standard InChI is InChI=1S/C15H19N5S/c1-2-9-21-12(5-1)14-18-19-15-13(17-7-8-20(14)15)11-4-3-6-16-10-11/h3-4,6,10,12-13,17H,1-2,5,7-9H2. The average molecular weight is 301 g/mol. The smallest absolute Gasteiger partial charge is 0.154 e. The van der Waals surface area contributed by atoms with Crippen LogP contribution in [0.2, 0.25) is 0 Å². The summed E-state index contributed by atoms with van der Waals surface area (Å²) >= 11 is 2.03. The zero-order valence-electron chi connectivity index (χ0n) is 11.9. The van der Waals surface area contributed by atoms with Crippen molar-refractivity contribution >= 4 is 11.8 Å². The maximum Gasteiger partial charge on any atom is 0.154 e. The summed E-state index contributed by atoms with van der Waals surface area (Å²) in [5.41, 5.74) is 1.16. The Kier molecular flexibility index (Phi) is 3.65. The van der Waals surface area contributed by atoms with E-state index in [1.54, 1.807) is 6.20 Å². The summed E-state index contributed by atoms with van der Waals surface area (Å²) in [6, 6.07) is 4.19. The second kappa shape index (κ2) is 5.77. The predicted octanol–water partition coefficient (Wildman–Crippen LogP) is 2.32. The molecular formula is C15H19N5S. The van der Waals surface area contributed by atoms with Crippen LogP contribution in [0.25, 0.3) is 0 Å². The summed E-state index contributed by atoms with van der Waals surface area (Å²) in [7, 11) is 0. The lowest BCUT2D eigenvalue weighted by Gasteiger charge is -2.27. The summed E-state index contributed by atoms with van der Waals surface area (Å²) < 4.78 is 2.33.